The molecule has 2 rings (SSSR count). The van der Waals surface area contributed by atoms with E-state index in [4.69, 9.17) is 4.74 Å². The van der Waals surface area contributed by atoms with E-state index in [2.05, 4.69) is 12.2 Å². The first kappa shape index (κ1) is 14.5. The van der Waals surface area contributed by atoms with Crippen LogP contribution in [0.1, 0.15) is 31.7 Å². The average Bonchev–Trinajstić information content (AvgIpc) is 2.83. The molecule has 1 aliphatic carbocycles. The van der Waals surface area contributed by atoms with Gasteiger partial charge in [0.1, 0.15) is 0 Å². The van der Waals surface area contributed by atoms with Crippen LogP contribution in [0.15, 0.2) is 30.3 Å². The van der Waals surface area contributed by atoms with Crippen molar-refractivity contribution in [1.29, 1.82) is 0 Å². The zero-order chi connectivity index (χ0) is 13.5. The molecule has 0 spiro atoms. The Morgan fingerprint density at radius 1 is 1.32 bits per heavy atom. The SMILES string of the molecule is CC1CCC(NCC(O)COCc2ccccc2)C1. The lowest BCUT2D eigenvalue weighted by Crippen LogP contribution is -2.36. The Bertz CT molecular complexity index is 355. The molecule has 1 aromatic rings. The molecule has 3 heteroatoms. The zero-order valence-corrected chi connectivity index (χ0v) is 11.7. The molecule has 2 N–H and O–H groups in total. The molecule has 0 radical (unpaired) electrons. The molecular weight excluding hydrogens is 238 g/mol. The Morgan fingerprint density at radius 3 is 2.79 bits per heavy atom. The molecule has 1 aromatic carbocycles. The molecule has 3 nitrogen and oxygen atoms in total. The normalized spacial score (nSPS) is 24.5. The van der Waals surface area contributed by atoms with Crippen LogP contribution in [0.25, 0.3) is 0 Å². The minimum absolute atomic E-state index is 0.393. The highest BCUT2D eigenvalue weighted by Gasteiger charge is 2.21. The van der Waals surface area contributed by atoms with Crippen LogP contribution in [0, 0.1) is 5.92 Å². The van der Waals surface area contributed by atoms with Crippen LogP contribution in [0.5, 0.6) is 0 Å². The Hall–Kier alpha value is -0.900. The first-order valence-corrected chi connectivity index (χ1v) is 7.27. The van der Waals surface area contributed by atoms with Gasteiger partial charge in [-0.05, 0) is 30.7 Å². The number of nitrogens with one attached hydrogen (secondary N) is 1. The van der Waals surface area contributed by atoms with Crippen molar-refractivity contribution < 1.29 is 9.84 Å². The average molecular weight is 263 g/mol. The van der Waals surface area contributed by atoms with Crippen molar-refractivity contribution in [3.8, 4) is 0 Å². The van der Waals surface area contributed by atoms with E-state index < -0.39 is 6.10 Å². The molecule has 1 saturated carbocycles. The largest absolute Gasteiger partial charge is 0.389 e. The van der Waals surface area contributed by atoms with Gasteiger partial charge in [-0.2, -0.15) is 0 Å². The van der Waals surface area contributed by atoms with Gasteiger partial charge in [-0.25, -0.2) is 0 Å². The summed E-state index contributed by atoms with van der Waals surface area (Å²) < 4.78 is 5.53. The second-order valence-electron chi connectivity index (χ2n) is 5.68. The highest BCUT2D eigenvalue weighted by molar-refractivity contribution is 5.13. The van der Waals surface area contributed by atoms with E-state index in [0.717, 1.165) is 11.5 Å². The summed E-state index contributed by atoms with van der Waals surface area (Å²) in [7, 11) is 0. The van der Waals surface area contributed by atoms with E-state index in [9.17, 15) is 5.11 Å². The van der Waals surface area contributed by atoms with Gasteiger partial charge < -0.3 is 15.2 Å². The molecule has 0 saturated heterocycles. The van der Waals surface area contributed by atoms with Crippen molar-refractivity contribution in [2.75, 3.05) is 13.2 Å². The molecular formula is C16H25NO2. The van der Waals surface area contributed by atoms with Crippen molar-refractivity contribution >= 4 is 0 Å². The van der Waals surface area contributed by atoms with E-state index in [0.29, 0.717) is 25.8 Å². The van der Waals surface area contributed by atoms with E-state index >= 15 is 0 Å². The van der Waals surface area contributed by atoms with Crippen molar-refractivity contribution in [2.45, 2.75) is 44.9 Å². The smallest absolute Gasteiger partial charge is 0.0897 e. The van der Waals surface area contributed by atoms with Gasteiger partial charge in [-0.1, -0.05) is 37.3 Å². The number of aliphatic hydroxyl groups is 1. The first-order chi connectivity index (χ1) is 9.24. The van der Waals surface area contributed by atoms with E-state index in [-0.39, 0.29) is 0 Å². The summed E-state index contributed by atoms with van der Waals surface area (Å²) in [6.45, 7) is 3.88. The monoisotopic (exact) mass is 263 g/mol. The van der Waals surface area contributed by atoms with E-state index in [1.54, 1.807) is 0 Å². The van der Waals surface area contributed by atoms with Gasteiger partial charge in [0.05, 0.1) is 19.3 Å². The number of aliphatic hydroxyl groups excluding tert-OH is 1. The maximum absolute atomic E-state index is 9.87. The topological polar surface area (TPSA) is 41.5 Å². The van der Waals surface area contributed by atoms with E-state index in [1.807, 2.05) is 30.3 Å². The summed E-state index contributed by atoms with van der Waals surface area (Å²) in [5.41, 5.74) is 1.15. The molecule has 1 aliphatic rings. The fraction of sp³-hybridized carbons (Fsp3) is 0.625. The Kier molecular flexibility index (Phi) is 5.83. The van der Waals surface area contributed by atoms with Gasteiger partial charge >= 0.3 is 0 Å². The van der Waals surface area contributed by atoms with Gasteiger partial charge in [0.15, 0.2) is 0 Å². The maximum Gasteiger partial charge on any atom is 0.0897 e. The van der Waals surface area contributed by atoms with Crippen molar-refractivity contribution in [2.24, 2.45) is 5.92 Å². The number of hydrogen-bond donors (Lipinski definition) is 2. The van der Waals surface area contributed by atoms with Crippen molar-refractivity contribution in [1.82, 2.24) is 5.32 Å². The van der Waals surface area contributed by atoms with Crippen LogP contribution in [-0.2, 0) is 11.3 Å². The summed E-state index contributed by atoms with van der Waals surface area (Å²) in [6.07, 6.45) is 3.36. The van der Waals surface area contributed by atoms with E-state index in [1.165, 1.54) is 19.3 Å². The molecule has 0 bridgehead atoms. The molecule has 106 valence electrons. The Labute approximate surface area is 116 Å². The third kappa shape index (κ3) is 5.31. The van der Waals surface area contributed by atoms with Gasteiger partial charge in [0, 0.05) is 12.6 Å². The van der Waals surface area contributed by atoms with Crippen molar-refractivity contribution in [3.05, 3.63) is 35.9 Å². The van der Waals surface area contributed by atoms with Crippen LogP contribution in [-0.4, -0.2) is 30.4 Å². The second-order valence-corrected chi connectivity index (χ2v) is 5.68. The fourth-order valence-electron chi connectivity index (χ4n) is 2.64. The molecule has 3 atom stereocenters. The van der Waals surface area contributed by atoms with Gasteiger partial charge in [0.2, 0.25) is 0 Å². The van der Waals surface area contributed by atoms with Crippen LogP contribution >= 0.6 is 0 Å². The van der Waals surface area contributed by atoms with Gasteiger partial charge in [-0.3, -0.25) is 0 Å². The van der Waals surface area contributed by atoms with Crippen LogP contribution < -0.4 is 5.32 Å². The predicted octanol–water partition coefficient (Wildman–Crippen LogP) is 2.34. The van der Waals surface area contributed by atoms with Crippen LogP contribution in [0.3, 0.4) is 0 Å². The zero-order valence-electron chi connectivity index (χ0n) is 11.7. The quantitative estimate of drug-likeness (QED) is 0.793. The summed E-state index contributed by atoms with van der Waals surface area (Å²) in [5, 5.41) is 13.3. The molecule has 3 unspecified atom stereocenters. The highest BCUT2D eigenvalue weighted by atomic mass is 16.5. The fourth-order valence-corrected chi connectivity index (χ4v) is 2.64. The molecule has 0 aromatic heterocycles. The third-order valence-electron chi connectivity index (χ3n) is 3.76. The number of ether oxygens (including phenoxy) is 1. The summed E-state index contributed by atoms with van der Waals surface area (Å²) in [4.78, 5) is 0. The third-order valence-corrected chi connectivity index (χ3v) is 3.76. The number of rotatable bonds is 7. The highest BCUT2D eigenvalue weighted by Crippen LogP contribution is 2.24. The second kappa shape index (κ2) is 7.63. The standard InChI is InChI=1S/C16H25NO2/c1-13-7-8-15(9-13)17-10-16(18)12-19-11-14-5-3-2-4-6-14/h2-6,13,15-18H,7-12H2,1H3. The molecule has 0 aliphatic heterocycles. The summed E-state index contributed by atoms with van der Waals surface area (Å²) >= 11 is 0. The van der Waals surface area contributed by atoms with Crippen molar-refractivity contribution in [3.63, 3.8) is 0 Å². The lowest BCUT2D eigenvalue weighted by Gasteiger charge is -2.16. The van der Waals surface area contributed by atoms with Gasteiger partial charge in [-0.15, -0.1) is 0 Å². The Balaban J connectivity index is 1.56. The lowest BCUT2D eigenvalue weighted by molar-refractivity contribution is 0.0276. The first-order valence-electron chi connectivity index (χ1n) is 7.27. The predicted molar refractivity (Wildman–Crippen MR) is 76.9 cm³/mol. The Morgan fingerprint density at radius 2 is 2.11 bits per heavy atom. The maximum atomic E-state index is 9.87. The number of hydrogen-bond acceptors (Lipinski definition) is 3. The minimum atomic E-state index is -0.417. The molecule has 19 heavy (non-hydrogen) atoms. The lowest BCUT2D eigenvalue weighted by atomic mass is 10.1. The van der Waals surface area contributed by atoms with Crippen LogP contribution in [0.2, 0.25) is 0 Å². The molecule has 0 heterocycles. The minimum Gasteiger partial charge on any atom is -0.389 e. The van der Waals surface area contributed by atoms with Gasteiger partial charge in [0.25, 0.3) is 0 Å². The molecule has 1 fully saturated rings. The number of benzene rings is 1. The summed E-state index contributed by atoms with van der Waals surface area (Å²) in [6, 6.07) is 10.6. The molecule has 0 amide bonds. The van der Waals surface area contributed by atoms with Crippen LogP contribution in [0.4, 0.5) is 0 Å². The summed E-state index contributed by atoms with van der Waals surface area (Å²) in [5.74, 6) is 0.823.